The fraction of sp³-hybridized carbons (Fsp3) is 0.619. The highest BCUT2D eigenvalue weighted by atomic mass is 31.1. The van der Waals surface area contributed by atoms with Gasteiger partial charge >= 0.3 is 11.9 Å². The third-order valence-electron chi connectivity index (χ3n) is 5.53. The predicted octanol–water partition coefficient (Wildman–Crippen LogP) is 2.45. The number of fused-ring (bicyclic) bond motifs is 1. The molecule has 2 N–H and O–H groups in total. The molecule has 1 aromatic carbocycles. The molecule has 0 amide bonds. The molecular weight excluding hydrogens is 502 g/mol. The molecular formula is C21H28F4O7P2. The van der Waals surface area contributed by atoms with Crippen LogP contribution in [0, 0.1) is 29.2 Å². The molecule has 6 unspecified atom stereocenters. The predicted molar refractivity (Wildman–Crippen MR) is 119 cm³/mol. The Kier molecular flexibility index (Phi) is 9.82. The van der Waals surface area contributed by atoms with Gasteiger partial charge in [0.2, 0.25) is 6.10 Å². The van der Waals surface area contributed by atoms with Crippen LogP contribution in [0.3, 0.4) is 0 Å². The van der Waals surface area contributed by atoms with Gasteiger partial charge < -0.3 is 24.4 Å². The first-order chi connectivity index (χ1) is 15.7. The number of aliphatic hydroxyl groups is 2. The first kappa shape index (κ1) is 28.9. The lowest BCUT2D eigenvalue weighted by Gasteiger charge is -2.29. The SMILES string of the molecule is CPC(C)(CC(C)C)C(=O)OC1C(=O)OC2CCOC21.OC(O)c1c(F)c(F)c(F)c(F)c1P. The number of benzene rings is 1. The molecule has 2 aliphatic rings. The minimum atomic E-state index is -2.41. The molecule has 0 spiro atoms. The molecule has 2 heterocycles. The standard InChI is InChI=1S/C14H23O5P.C7H5F4O2P/c1-8(2)7-14(3,20-4)13(16)19-11-10-9(5-6-17-10)18-12(11)15;8-2-1(7(12)13)6(14)5(11)4(10)3(2)9/h8-11,20H,5-7H2,1-4H3;7,12-13H,14H2. The summed E-state index contributed by atoms with van der Waals surface area (Å²) in [5.74, 6) is -7.94. The molecule has 192 valence electrons. The molecule has 2 saturated heterocycles. The third-order valence-corrected chi connectivity index (χ3v) is 7.61. The molecule has 0 radical (unpaired) electrons. The smallest absolute Gasteiger partial charge is 0.350 e. The van der Waals surface area contributed by atoms with Gasteiger partial charge in [0, 0.05) is 11.7 Å². The van der Waals surface area contributed by atoms with Gasteiger partial charge in [-0.1, -0.05) is 13.8 Å². The van der Waals surface area contributed by atoms with E-state index >= 15 is 0 Å². The van der Waals surface area contributed by atoms with E-state index in [1.54, 1.807) is 9.24 Å². The molecule has 1 aromatic rings. The van der Waals surface area contributed by atoms with Crippen LogP contribution in [0.25, 0.3) is 0 Å². The molecule has 3 rings (SSSR count). The van der Waals surface area contributed by atoms with Crippen molar-refractivity contribution in [1.82, 2.24) is 0 Å². The van der Waals surface area contributed by atoms with Crippen LogP contribution in [-0.4, -0.2) is 58.9 Å². The molecule has 7 nitrogen and oxygen atoms in total. The van der Waals surface area contributed by atoms with Crippen LogP contribution < -0.4 is 5.30 Å². The Morgan fingerprint density at radius 3 is 2.32 bits per heavy atom. The lowest BCUT2D eigenvalue weighted by molar-refractivity contribution is -0.166. The van der Waals surface area contributed by atoms with Crippen molar-refractivity contribution in [2.24, 2.45) is 5.92 Å². The van der Waals surface area contributed by atoms with Crippen molar-refractivity contribution in [2.45, 2.75) is 63.4 Å². The van der Waals surface area contributed by atoms with Crippen molar-refractivity contribution in [1.29, 1.82) is 0 Å². The number of halogens is 4. The van der Waals surface area contributed by atoms with E-state index in [1.165, 1.54) is 0 Å². The van der Waals surface area contributed by atoms with Crippen LogP contribution in [0.15, 0.2) is 0 Å². The van der Waals surface area contributed by atoms with Gasteiger partial charge in [0.05, 0.1) is 17.3 Å². The first-order valence-corrected chi connectivity index (χ1v) is 12.5. The quantitative estimate of drug-likeness (QED) is 0.146. The van der Waals surface area contributed by atoms with Crippen molar-refractivity contribution in [2.75, 3.05) is 13.3 Å². The number of carbonyl (C=O) groups is 2. The number of hydrogen-bond donors (Lipinski definition) is 2. The molecule has 13 heteroatoms. The maximum Gasteiger partial charge on any atom is 0.350 e. The van der Waals surface area contributed by atoms with Gasteiger partial charge in [-0.15, -0.1) is 17.8 Å². The summed E-state index contributed by atoms with van der Waals surface area (Å²) in [6, 6.07) is 0. The summed E-state index contributed by atoms with van der Waals surface area (Å²) in [7, 11) is 1.99. The summed E-state index contributed by atoms with van der Waals surface area (Å²) in [5.41, 5.74) is -1.04. The highest BCUT2D eigenvalue weighted by molar-refractivity contribution is 7.40. The van der Waals surface area contributed by atoms with Crippen molar-refractivity contribution < 1.29 is 51.6 Å². The minimum Gasteiger partial charge on any atom is -0.457 e. The van der Waals surface area contributed by atoms with Gasteiger partial charge in [0.15, 0.2) is 29.6 Å². The van der Waals surface area contributed by atoms with Crippen molar-refractivity contribution in [3.63, 3.8) is 0 Å². The van der Waals surface area contributed by atoms with Gasteiger partial charge in [-0.05, 0) is 25.9 Å². The Morgan fingerprint density at radius 2 is 1.79 bits per heavy atom. The normalized spacial score (nSPS) is 23.7. The van der Waals surface area contributed by atoms with Crippen LogP contribution in [0.5, 0.6) is 0 Å². The molecule has 2 fully saturated rings. The zero-order valence-electron chi connectivity index (χ0n) is 19.0. The fourth-order valence-electron chi connectivity index (χ4n) is 3.73. The molecule has 0 aliphatic carbocycles. The second-order valence-electron chi connectivity index (χ2n) is 8.56. The molecule has 34 heavy (non-hydrogen) atoms. The van der Waals surface area contributed by atoms with Crippen molar-refractivity contribution in [3.8, 4) is 0 Å². The van der Waals surface area contributed by atoms with E-state index in [0.29, 0.717) is 27.5 Å². The summed E-state index contributed by atoms with van der Waals surface area (Å²) in [6.07, 6.45) is -2.54. The molecule has 0 bridgehead atoms. The fourth-order valence-corrected chi connectivity index (χ4v) is 5.01. The van der Waals surface area contributed by atoms with Crippen LogP contribution in [0.4, 0.5) is 17.6 Å². The van der Waals surface area contributed by atoms with Crippen LogP contribution in [0.2, 0.25) is 0 Å². The maximum absolute atomic E-state index is 12.8. The summed E-state index contributed by atoms with van der Waals surface area (Å²) in [5, 5.41) is 15.9. The third kappa shape index (κ3) is 6.05. The van der Waals surface area contributed by atoms with Crippen LogP contribution >= 0.6 is 17.8 Å². The van der Waals surface area contributed by atoms with Gasteiger partial charge in [0.1, 0.15) is 12.2 Å². The maximum atomic E-state index is 12.8. The minimum absolute atomic E-state index is 0.249. The Bertz CT molecular complexity index is 902. The molecule has 6 atom stereocenters. The summed E-state index contributed by atoms with van der Waals surface area (Å²) in [6.45, 7) is 8.60. The van der Waals surface area contributed by atoms with Crippen molar-refractivity contribution in [3.05, 3.63) is 28.8 Å². The topological polar surface area (TPSA) is 102 Å². The lowest BCUT2D eigenvalue weighted by Crippen LogP contribution is -2.41. The van der Waals surface area contributed by atoms with Crippen molar-refractivity contribution >= 4 is 35.1 Å². The molecule has 0 aromatic heterocycles. The van der Waals surface area contributed by atoms with E-state index < -0.39 is 63.8 Å². The van der Waals surface area contributed by atoms with E-state index in [-0.39, 0.29) is 12.1 Å². The summed E-state index contributed by atoms with van der Waals surface area (Å²) < 4.78 is 66.8. The van der Waals surface area contributed by atoms with E-state index in [2.05, 4.69) is 13.8 Å². The Labute approximate surface area is 198 Å². The average molecular weight is 530 g/mol. The number of esters is 2. The average Bonchev–Trinajstić information content (AvgIpc) is 3.32. The Balaban J connectivity index is 0.000000257. The van der Waals surface area contributed by atoms with Gasteiger partial charge in [-0.25, -0.2) is 22.4 Å². The number of aliphatic hydroxyl groups excluding tert-OH is 1. The molecule has 0 saturated carbocycles. The summed E-state index contributed by atoms with van der Waals surface area (Å²) in [4.78, 5) is 24.2. The summed E-state index contributed by atoms with van der Waals surface area (Å²) >= 11 is 0. The largest absolute Gasteiger partial charge is 0.457 e. The first-order valence-electron chi connectivity index (χ1n) is 10.4. The van der Waals surface area contributed by atoms with Crippen LogP contribution in [0.1, 0.15) is 45.5 Å². The second-order valence-corrected chi connectivity index (χ2v) is 10.7. The Morgan fingerprint density at radius 1 is 1.21 bits per heavy atom. The Hall–Kier alpha value is -1.38. The van der Waals surface area contributed by atoms with Gasteiger partial charge in [0.25, 0.3) is 0 Å². The van der Waals surface area contributed by atoms with E-state index in [4.69, 9.17) is 24.4 Å². The molecule has 2 aliphatic heterocycles. The number of carbonyl (C=O) groups excluding carboxylic acids is 2. The van der Waals surface area contributed by atoms with E-state index in [1.807, 2.05) is 13.6 Å². The zero-order valence-corrected chi connectivity index (χ0v) is 21.2. The van der Waals surface area contributed by atoms with E-state index in [9.17, 15) is 27.2 Å². The number of ether oxygens (including phenoxy) is 3. The lowest BCUT2D eigenvalue weighted by atomic mass is 9.98. The van der Waals surface area contributed by atoms with E-state index in [0.717, 1.165) is 6.42 Å². The monoisotopic (exact) mass is 530 g/mol. The highest BCUT2D eigenvalue weighted by Gasteiger charge is 2.52. The highest BCUT2D eigenvalue weighted by Crippen LogP contribution is 2.38. The number of rotatable bonds is 6. The van der Waals surface area contributed by atoms with Crippen LogP contribution in [-0.2, 0) is 23.8 Å². The second kappa shape index (κ2) is 11.6. The van der Waals surface area contributed by atoms with Gasteiger partial charge in [-0.2, -0.15) is 0 Å². The van der Waals surface area contributed by atoms with Gasteiger partial charge in [-0.3, -0.25) is 4.79 Å². The zero-order chi connectivity index (χ0) is 26.0. The number of hydrogen-bond acceptors (Lipinski definition) is 7.